The Morgan fingerprint density at radius 1 is 1.05 bits per heavy atom. The summed E-state index contributed by atoms with van der Waals surface area (Å²) in [6.07, 6.45) is 2.49. The molecular formula is C20H32N2. The lowest BCUT2D eigenvalue weighted by Gasteiger charge is -2.32. The summed E-state index contributed by atoms with van der Waals surface area (Å²) >= 11 is 0. The van der Waals surface area contributed by atoms with Crippen LogP contribution in [0.4, 0.5) is 5.69 Å². The molecule has 2 heteroatoms. The zero-order chi connectivity index (χ0) is 16.8. The lowest BCUT2D eigenvalue weighted by atomic mass is 9.86. The molecule has 2 rings (SSSR count). The Bertz CT molecular complexity index is 596. The predicted octanol–water partition coefficient (Wildman–Crippen LogP) is 5.34. The smallest absolute Gasteiger partial charge is 0.0528 e. The standard InChI is InChI=1S/C20H32N2/c1-11(2)17-10-13(5)16(8)22(9)20-14(6)15(7)21-19(12(3)4)18(17)20/h10-13,16H,1-9H3/t13-,16-/m1/s1. The van der Waals surface area contributed by atoms with Crippen LogP contribution in [0.15, 0.2) is 6.08 Å². The monoisotopic (exact) mass is 300 g/mol. The number of aromatic nitrogens is 1. The van der Waals surface area contributed by atoms with Gasteiger partial charge in [-0.15, -0.1) is 0 Å². The summed E-state index contributed by atoms with van der Waals surface area (Å²) in [7, 11) is 2.24. The molecule has 0 amide bonds. The van der Waals surface area contributed by atoms with Gasteiger partial charge in [-0.05, 0) is 49.7 Å². The van der Waals surface area contributed by atoms with E-state index in [4.69, 9.17) is 4.98 Å². The first-order valence-electron chi connectivity index (χ1n) is 8.62. The Morgan fingerprint density at radius 3 is 2.14 bits per heavy atom. The van der Waals surface area contributed by atoms with Crippen molar-refractivity contribution in [1.82, 2.24) is 4.98 Å². The molecule has 1 aromatic heterocycles. The van der Waals surface area contributed by atoms with Crippen LogP contribution in [0.2, 0.25) is 0 Å². The van der Waals surface area contributed by atoms with Gasteiger partial charge in [0.1, 0.15) is 0 Å². The second kappa shape index (κ2) is 6.06. The van der Waals surface area contributed by atoms with Crippen molar-refractivity contribution in [3.05, 3.63) is 28.6 Å². The molecule has 1 aliphatic rings. The van der Waals surface area contributed by atoms with Gasteiger partial charge >= 0.3 is 0 Å². The fourth-order valence-electron chi connectivity index (χ4n) is 3.49. The fraction of sp³-hybridized carbons (Fsp3) is 0.650. The molecule has 0 aromatic carbocycles. The second-order valence-electron chi connectivity index (χ2n) is 7.57. The van der Waals surface area contributed by atoms with Crippen molar-refractivity contribution in [2.75, 3.05) is 11.9 Å². The van der Waals surface area contributed by atoms with E-state index in [9.17, 15) is 0 Å². The van der Waals surface area contributed by atoms with Crippen molar-refractivity contribution < 1.29 is 0 Å². The van der Waals surface area contributed by atoms with Gasteiger partial charge in [0.2, 0.25) is 0 Å². The molecule has 0 radical (unpaired) electrons. The Balaban J connectivity index is 2.90. The molecule has 0 saturated carbocycles. The molecular weight excluding hydrogens is 268 g/mol. The highest BCUT2D eigenvalue weighted by Gasteiger charge is 2.30. The Morgan fingerprint density at radius 2 is 1.64 bits per heavy atom. The third-order valence-corrected chi connectivity index (χ3v) is 5.30. The summed E-state index contributed by atoms with van der Waals surface area (Å²) in [5, 5.41) is 0. The minimum Gasteiger partial charge on any atom is -0.370 e. The molecule has 0 aliphatic carbocycles. The minimum atomic E-state index is 0.437. The summed E-state index contributed by atoms with van der Waals surface area (Å²) in [6.45, 7) is 18.2. The molecule has 122 valence electrons. The highest BCUT2D eigenvalue weighted by Crippen LogP contribution is 2.43. The van der Waals surface area contributed by atoms with E-state index in [0.717, 1.165) is 0 Å². The average Bonchev–Trinajstić information content (AvgIpc) is 2.53. The molecule has 0 N–H and O–H groups in total. The summed E-state index contributed by atoms with van der Waals surface area (Å²) in [4.78, 5) is 7.45. The molecule has 22 heavy (non-hydrogen) atoms. The Labute approximate surface area is 136 Å². The third-order valence-electron chi connectivity index (χ3n) is 5.30. The van der Waals surface area contributed by atoms with Crippen molar-refractivity contribution in [1.29, 1.82) is 0 Å². The fourth-order valence-corrected chi connectivity index (χ4v) is 3.49. The van der Waals surface area contributed by atoms with Gasteiger partial charge in [-0.3, -0.25) is 4.98 Å². The van der Waals surface area contributed by atoms with E-state index in [-0.39, 0.29) is 0 Å². The Kier molecular flexibility index (Phi) is 4.70. The van der Waals surface area contributed by atoms with Crippen LogP contribution in [-0.2, 0) is 0 Å². The number of anilines is 1. The van der Waals surface area contributed by atoms with E-state index in [0.29, 0.717) is 23.8 Å². The van der Waals surface area contributed by atoms with Crippen molar-refractivity contribution in [3.8, 4) is 0 Å². The van der Waals surface area contributed by atoms with Gasteiger partial charge in [0, 0.05) is 24.3 Å². The van der Waals surface area contributed by atoms with Crippen LogP contribution >= 0.6 is 0 Å². The van der Waals surface area contributed by atoms with Gasteiger partial charge in [-0.1, -0.05) is 40.7 Å². The number of fused-ring (bicyclic) bond motifs is 1. The number of aryl methyl sites for hydroxylation is 1. The maximum absolute atomic E-state index is 4.98. The van der Waals surface area contributed by atoms with Gasteiger partial charge in [0.05, 0.1) is 11.4 Å². The Hall–Kier alpha value is -1.31. The first kappa shape index (κ1) is 17.1. The van der Waals surface area contributed by atoms with E-state index in [1.54, 1.807) is 0 Å². The molecule has 2 atom stereocenters. The van der Waals surface area contributed by atoms with Crippen LogP contribution in [0.25, 0.3) is 5.57 Å². The normalized spacial score (nSPS) is 22.0. The zero-order valence-electron chi connectivity index (χ0n) is 15.8. The van der Waals surface area contributed by atoms with Crippen LogP contribution in [0.3, 0.4) is 0 Å². The first-order valence-corrected chi connectivity index (χ1v) is 8.62. The SMILES string of the molecule is Cc1nc(C(C)C)c2c(c1C)N(C)[C@H](C)[C@H](C)C=C2C(C)C. The lowest BCUT2D eigenvalue weighted by Crippen LogP contribution is -2.34. The zero-order valence-corrected chi connectivity index (χ0v) is 15.8. The quantitative estimate of drug-likeness (QED) is 0.733. The number of allylic oxidation sites excluding steroid dienone is 1. The molecule has 0 spiro atoms. The molecule has 0 unspecified atom stereocenters. The van der Waals surface area contributed by atoms with Crippen molar-refractivity contribution in [3.63, 3.8) is 0 Å². The average molecular weight is 300 g/mol. The van der Waals surface area contributed by atoms with E-state index in [1.807, 2.05) is 0 Å². The van der Waals surface area contributed by atoms with E-state index < -0.39 is 0 Å². The highest BCUT2D eigenvalue weighted by molar-refractivity contribution is 5.83. The van der Waals surface area contributed by atoms with Gasteiger partial charge < -0.3 is 4.90 Å². The molecule has 1 aromatic rings. The van der Waals surface area contributed by atoms with Crippen LogP contribution in [-0.4, -0.2) is 18.1 Å². The maximum atomic E-state index is 4.98. The third kappa shape index (κ3) is 2.68. The topological polar surface area (TPSA) is 16.1 Å². The number of hydrogen-bond donors (Lipinski definition) is 0. The number of rotatable bonds is 2. The molecule has 0 bridgehead atoms. The van der Waals surface area contributed by atoms with Crippen LogP contribution in [0, 0.1) is 25.7 Å². The van der Waals surface area contributed by atoms with Crippen molar-refractivity contribution >= 4 is 11.3 Å². The summed E-state index contributed by atoms with van der Waals surface area (Å²) in [6, 6.07) is 0.496. The van der Waals surface area contributed by atoms with Gasteiger partial charge in [0.15, 0.2) is 0 Å². The van der Waals surface area contributed by atoms with Gasteiger partial charge in [-0.2, -0.15) is 0 Å². The highest BCUT2D eigenvalue weighted by atomic mass is 15.1. The van der Waals surface area contributed by atoms with Crippen LogP contribution in [0.5, 0.6) is 0 Å². The van der Waals surface area contributed by atoms with Crippen LogP contribution in [0.1, 0.15) is 70.0 Å². The van der Waals surface area contributed by atoms with E-state index >= 15 is 0 Å². The van der Waals surface area contributed by atoms with Crippen LogP contribution < -0.4 is 4.90 Å². The molecule has 2 nitrogen and oxygen atoms in total. The number of hydrogen-bond acceptors (Lipinski definition) is 2. The lowest BCUT2D eigenvalue weighted by molar-refractivity contribution is 0.554. The van der Waals surface area contributed by atoms with E-state index in [1.165, 1.54) is 33.8 Å². The summed E-state index contributed by atoms with van der Waals surface area (Å²) in [5.74, 6) is 1.49. The molecule has 1 aliphatic heterocycles. The minimum absolute atomic E-state index is 0.437. The predicted molar refractivity (Wildman–Crippen MR) is 97.6 cm³/mol. The molecule has 0 saturated heterocycles. The number of nitrogens with zero attached hydrogens (tertiary/aromatic N) is 2. The van der Waals surface area contributed by atoms with Crippen molar-refractivity contribution in [2.45, 2.75) is 67.3 Å². The maximum Gasteiger partial charge on any atom is 0.0528 e. The summed E-state index contributed by atoms with van der Waals surface area (Å²) < 4.78 is 0. The number of pyridine rings is 1. The van der Waals surface area contributed by atoms with E-state index in [2.05, 4.69) is 73.4 Å². The first-order chi connectivity index (χ1) is 10.2. The second-order valence-corrected chi connectivity index (χ2v) is 7.57. The molecule has 2 heterocycles. The van der Waals surface area contributed by atoms with Gasteiger partial charge in [0.25, 0.3) is 0 Å². The molecule has 0 fully saturated rings. The van der Waals surface area contributed by atoms with Gasteiger partial charge in [-0.25, -0.2) is 0 Å². The summed E-state index contributed by atoms with van der Waals surface area (Å²) in [5.41, 5.74) is 8.01. The largest absolute Gasteiger partial charge is 0.370 e. The van der Waals surface area contributed by atoms with Crippen molar-refractivity contribution in [2.24, 2.45) is 11.8 Å².